The summed E-state index contributed by atoms with van der Waals surface area (Å²) in [5, 5.41) is 13.4. The minimum Gasteiger partial charge on any atom is -0.379 e. The molecule has 1 aromatic carbocycles. The van der Waals surface area contributed by atoms with Crippen LogP contribution in [0.5, 0.6) is 0 Å². The first-order valence-corrected chi connectivity index (χ1v) is 6.05. The maximum Gasteiger partial charge on any atom is 0.270 e. The first-order valence-electron chi connectivity index (χ1n) is 6.05. The first kappa shape index (κ1) is 14.8. The molecule has 0 fully saturated rings. The van der Waals surface area contributed by atoms with Crippen molar-refractivity contribution < 1.29 is 13.7 Å². The minimum atomic E-state index is -2.81. The van der Waals surface area contributed by atoms with Crippen LogP contribution in [-0.4, -0.2) is 14.9 Å². The summed E-state index contributed by atoms with van der Waals surface area (Å²) in [5.74, 6) is 0. The summed E-state index contributed by atoms with van der Waals surface area (Å²) in [4.78, 5) is 18.1. The number of non-ortho nitro benzene ring substituents is 1. The molecule has 0 amide bonds. The summed E-state index contributed by atoms with van der Waals surface area (Å²) in [5.41, 5.74) is 0.690. The van der Waals surface area contributed by atoms with E-state index in [1.807, 2.05) is 0 Å². The molecule has 0 unspecified atom stereocenters. The number of aromatic nitrogens is 2. The van der Waals surface area contributed by atoms with Gasteiger partial charge in [-0.25, -0.2) is 8.78 Å². The summed E-state index contributed by atoms with van der Waals surface area (Å²) >= 11 is 0. The molecule has 110 valence electrons. The van der Waals surface area contributed by atoms with Crippen LogP contribution in [0.2, 0.25) is 0 Å². The molecule has 21 heavy (non-hydrogen) atoms. The van der Waals surface area contributed by atoms with E-state index in [2.05, 4.69) is 15.3 Å². The molecule has 1 heterocycles. The molecule has 0 aliphatic heterocycles. The van der Waals surface area contributed by atoms with Gasteiger partial charge >= 0.3 is 0 Å². The van der Waals surface area contributed by atoms with Crippen LogP contribution in [0, 0.1) is 17.0 Å². The zero-order valence-electron chi connectivity index (χ0n) is 11.1. The molecule has 0 saturated carbocycles. The lowest BCUT2D eigenvalue weighted by Gasteiger charge is -2.11. The topological polar surface area (TPSA) is 81.0 Å². The highest BCUT2D eigenvalue weighted by Crippen LogP contribution is 2.30. The van der Waals surface area contributed by atoms with E-state index in [4.69, 9.17) is 0 Å². The summed E-state index contributed by atoms with van der Waals surface area (Å²) < 4.78 is 25.9. The average molecular weight is 294 g/mol. The molecule has 0 atom stereocenters. The van der Waals surface area contributed by atoms with Crippen LogP contribution in [0.1, 0.15) is 23.4 Å². The molecule has 0 aliphatic carbocycles. The highest BCUT2D eigenvalue weighted by Gasteiger charge is 2.17. The first-order chi connectivity index (χ1) is 9.97. The summed E-state index contributed by atoms with van der Waals surface area (Å²) in [6, 6.07) is 3.31. The predicted octanol–water partition coefficient (Wildman–Crippen LogP) is 3.24. The van der Waals surface area contributed by atoms with Crippen molar-refractivity contribution in [2.45, 2.75) is 19.9 Å². The maximum absolute atomic E-state index is 13.0. The standard InChI is InChI=1S/C13H12F2N4O2/c1-8-5-17-9(6-16-8)7-18-12-3-2-10(19(20)21)4-11(12)13(14)15/h2-6,13,18H,7H2,1H3. The number of alkyl halides is 2. The molecule has 2 aromatic rings. The van der Waals surface area contributed by atoms with Gasteiger partial charge in [-0.05, 0) is 13.0 Å². The van der Waals surface area contributed by atoms with Crippen molar-refractivity contribution in [3.05, 3.63) is 57.7 Å². The lowest BCUT2D eigenvalue weighted by atomic mass is 10.1. The van der Waals surface area contributed by atoms with Crippen molar-refractivity contribution in [1.29, 1.82) is 0 Å². The highest BCUT2D eigenvalue weighted by atomic mass is 19.3. The SMILES string of the molecule is Cc1cnc(CNc2ccc([N+](=O)[O-])cc2C(F)F)cn1. The maximum atomic E-state index is 13.0. The van der Waals surface area contributed by atoms with Crippen molar-refractivity contribution in [2.24, 2.45) is 0 Å². The second-order valence-electron chi connectivity index (χ2n) is 4.33. The Bertz CT molecular complexity index is 647. The Balaban J connectivity index is 2.19. The Hall–Kier alpha value is -2.64. The molecule has 1 aromatic heterocycles. The number of hydrogen-bond acceptors (Lipinski definition) is 5. The third-order valence-corrected chi connectivity index (χ3v) is 2.78. The fourth-order valence-electron chi connectivity index (χ4n) is 1.70. The summed E-state index contributed by atoms with van der Waals surface area (Å²) in [6.45, 7) is 1.99. The van der Waals surface area contributed by atoms with Gasteiger partial charge < -0.3 is 5.32 Å². The van der Waals surface area contributed by atoms with Crippen LogP contribution in [0.3, 0.4) is 0 Å². The summed E-state index contributed by atoms with van der Waals surface area (Å²) in [6.07, 6.45) is 0.299. The quantitative estimate of drug-likeness (QED) is 0.676. The number of hydrogen-bond donors (Lipinski definition) is 1. The van der Waals surface area contributed by atoms with E-state index in [0.29, 0.717) is 5.69 Å². The van der Waals surface area contributed by atoms with Crippen molar-refractivity contribution >= 4 is 11.4 Å². The van der Waals surface area contributed by atoms with E-state index >= 15 is 0 Å². The van der Waals surface area contributed by atoms with Gasteiger partial charge in [0.2, 0.25) is 0 Å². The third-order valence-electron chi connectivity index (χ3n) is 2.78. The van der Waals surface area contributed by atoms with E-state index in [1.165, 1.54) is 18.3 Å². The van der Waals surface area contributed by atoms with Crippen molar-refractivity contribution in [1.82, 2.24) is 9.97 Å². The van der Waals surface area contributed by atoms with E-state index < -0.39 is 16.9 Å². The molecule has 0 bridgehead atoms. The second kappa shape index (κ2) is 6.21. The van der Waals surface area contributed by atoms with Crippen LogP contribution >= 0.6 is 0 Å². The van der Waals surface area contributed by atoms with Crippen LogP contribution in [-0.2, 0) is 6.54 Å². The Kier molecular flexibility index (Phi) is 4.36. The average Bonchev–Trinajstić information content (AvgIpc) is 2.46. The number of aryl methyl sites for hydroxylation is 1. The van der Waals surface area contributed by atoms with Crippen LogP contribution < -0.4 is 5.32 Å². The molecule has 8 heteroatoms. The number of halogens is 2. The largest absolute Gasteiger partial charge is 0.379 e. The molecule has 1 N–H and O–H groups in total. The Morgan fingerprint density at radius 3 is 2.67 bits per heavy atom. The predicted molar refractivity (Wildman–Crippen MR) is 72.1 cm³/mol. The minimum absolute atomic E-state index is 0.137. The molecular formula is C13H12F2N4O2. The van der Waals surface area contributed by atoms with Gasteiger partial charge in [-0.15, -0.1) is 0 Å². The zero-order valence-corrected chi connectivity index (χ0v) is 11.1. The molecule has 6 nitrogen and oxygen atoms in total. The number of nitrogens with zero attached hydrogens (tertiary/aromatic N) is 3. The molecule has 2 rings (SSSR count). The van der Waals surface area contributed by atoms with Crippen LogP contribution in [0.25, 0.3) is 0 Å². The van der Waals surface area contributed by atoms with Crippen molar-refractivity contribution in [3.63, 3.8) is 0 Å². The van der Waals surface area contributed by atoms with Gasteiger partial charge in [-0.1, -0.05) is 0 Å². The number of anilines is 1. The molecule has 0 saturated heterocycles. The number of rotatable bonds is 5. The van der Waals surface area contributed by atoms with Gasteiger partial charge in [0.15, 0.2) is 0 Å². The van der Waals surface area contributed by atoms with Crippen molar-refractivity contribution in [2.75, 3.05) is 5.32 Å². The molecule has 0 radical (unpaired) electrons. The normalized spacial score (nSPS) is 10.7. The van der Waals surface area contributed by atoms with E-state index in [0.717, 1.165) is 11.8 Å². The number of nitrogens with one attached hydrogen (secondary N) is 1. The van der Waals surface area contributed by atoms with Crippen LogP contribution in [0.15, 0.2) is 30.6 Å². The Morgan fingerprint density at radius 2 is 2.10 bits per heavy atom. The number of benzene rings is 1. The van der Waals surface area contributed by atoms with E-state index in [1.54, 1.807) is 13.1 Å². The number of nitro benzene ring substituents is 1. The third kappa shape index (κ3) is 3.68. The van der Waals surface area contributed by atoms with E-state index in [-0.39, 0.29) is 17.9 Å². The number of nitro groups is 1. The van der Waals surface area contributed by atoms with Gasteiger partial charge in [-0.2, -0.15) is 0 Å². The lowest BCUT2D eigenvalue weighted by molar-refractivity contribution is -0.385. The van der Waals surface area contributed by atoms with Crippen molar-refractivity contribution in [3.8, 4) is 0 Å². The molecular weight excluding hydrogens is 282 g/mol. The van der Waals surface area contributed by atoms with Gasteiger partial charge in [0.05, 0.1) is 29.1 Å². The zero-order chi connectivity index (χ0) is 15.4. The highest BCUT2D eigenvalue weighted by molar-refractivity contribution is 5.56. The second-order valence-corrected chi connectivity index (χ2v) is 4.33. The smallest absolute Gasteiger partial charge is 0.270 e. The van der Waals surface area contributed by atoms with Gasteiger partial charge in [-0.3, -0.25) is 20.1 Å². The lowest BCUT2D eigenvalue weighted by Crippen LogP contribution is -2.05. The fraction of sp³-hybridized carbons (Fsp3) is 0.231. The van der Waals surface area contributed by atoms with Gasteiger partial charge in [0, 0.05) is 29.6 Å². The summed E-state index contributed by atoms with van der Waals surface area (Å²) in [7, 11) is 0. The molecule has 0 spiro atoms. The van der Waals surface area contributed by atoms with Gasteiger partial charge in [0.1, 0.15) is 0 Å². The van der Waals surface area contributed by atoms with Crippen LogP contribution in [0.4, 0.5) is 20.2 Å². The van der Waals surface area contributed by atoms with E-state index in [9.17, 15) is 18.9 Å². The Labute approximate surface area is 119 Å². The fourth-order valence-corrected chi connectivity index (χ4v) is 1.70. The molecule has 0 aliphatic rings. The van der Waals surface area contributed by atoms with Gasteiger partial charge in [0.25, 0.3) is 12.1 Å². The monoisotopic (exact) mass is 294 g/mol. The Morgan fingerprint density at radius 1 is 1.33 bits per heavy atom.